The second-order valence-electron chi connectivity index (χ2n) is 7.53. The minimum absolute atomic E-state index is 0.0196. The molecule has 0 spiro atoms. The molecule has 9 heteroatoms. The summed E-state index contributed by atoms with van der Waals surface area (Å²) in [5, 5.41) is 3.76. The van der Waals surface area contributed by atoms with Crippen molar-refractivity contribution >= 4 is 19.4 Å². The van der Waals surface area contributed by atoms with Gasteiger partial charge in [-0.05, 0) is 29.7 Å². The number of fused-ring (bicyclic) bond motifs is 1. The molecule has 7 nitrogen and oxygen atoms in total. The third-order valence-corrected chi connectivity index (χ3v) is 9.32. The highest BCUT2D eigenvalue weighted by molar-refractivity contribution is 6.74. The molecule has 2 heterocycles. The summed E-state index contributed by atoms with van der Waals surface area (Å²) in [6.07, 6.45) is 1.11. The molecule has 2 aromatic heterocycles. The molecule has 0 saturated carbocycles. The van der Waals surface area contributed by atoms with Crippen molar-refractivity contribution in [1.82, 2.24) is 9.97 Å². The average molecular weight is 377 g/mol. The highest BCUT2D eigenvalue weighted by atomic mass is 28.4. The highest BCUT2D eigenvalue weighted by Gasteiger charge is 2.38. The molecule has 2 rings (SSSR count). The van der Waals surface area contributed by atoms with E-state index >= 15 is 0 Å². The Balaban J connectivity index is 2.50. The second kappa shape index (κ2) is 7.57. The molecule has 0 saturated heterocycles. The molecule has 0 N–H and O–H groups in total. The molecule has 0 aliphatic carbocycles. The van der Waals surface area contributed by atoms with Crippen molar-refractivity contribution in [2.24, 2.45) is 5.11 Å². The van der Waals surface area contributed by atoms with Crippen molar-refractivity contribution in [1.29, 1.82) is 0 Å². The summed E-state index contributed by atoms with van der Waals surface area (Å²) in [6.45, 7) is 10.6. The smallest absolute Gasteiger partial charge is 0.213 e. The van der Waals surface area contributed by atoms with Gasteiger partial charge >= 0.3 is 0 Å². The van der Waals surface area contributed by atoms with Gasteiger partial charge in [-0.15, -0.1) is 0 Å². The summed E-state index contributed by atoms with van der Waals surface area (Å²) in [5.41, 5.74) is 9.95. The first-order chi connectivity index (χ1) is 12.1. The molecule has 26 heavy (non-hydrogen) atoms. The van der Waals surface area contributed by atoms with Crippen LogP contribution < -0.4 is 4.74 Å². The van der Waals surface area contributed by atoms with Gasteiger partial charge in [0.1, 0.15) is 5.82 Å². The van der Waals surface area contributed by atoms with Crippen LogP contribution in [0.5, 0.6) is 5.88 Å². The molecule has 0 radical (unpaired) electrons. The van der Waals surface area contributed by atoms with Crippen LogP contribution in [-0.2, 0) is 4.43 Å². The average Bonchev–Trinajstić information content (AvgIpc) is 2.57. The lowest BCUT2D eigenvalue weighted by Crippen LogP contribution is -2.41. The molecule has 1 atom stereocenters. The lowest BCUT2D eigenvalue weighted by atomic mass is 10.1. The van der Waals surface area contributed by atoms with E-state index in [4.69, 9.17) is 14.7 Å². The predicted molar refractivity (Wildman–Crippen MR) is 101 cm³/mol. The molecule has 0 aliphatic heterocycles. The summed E-state index contributed by atoms with van der Waals surface area (Å²) in [7, 11) is -0.621. The summed E-state index contributed by atoms with van der Waals surface area (Å²) in [5.74, 6) is -0.259. The number of ether oxygens (including phenoxy) is 1. The molecule has 0 amide bonds. The summed E-state index contributed by atoms with van der Waals surface area (Å²) in [4.78, 5) is 11.2. The number of aromatic nitrogens is 2. The maximum atomic E-state index is 14.6. The van der Waals surface area contributed by atoms with E-state index in [9.17, 15) is 4.39 Å². The van der Waals surface area contributed by atoms with Gasteiger partial charge in [-0.25, -0.2) is 9.37 Å². The van der Waals surface area contributed by atoms with E-state index in [0.717, 1.165) is 6.20 Å². The quantitative estimate of drug-likeness (QED) is 0.301. The number of methoxy groups -OCH3 is 1. The van der Waals surface area contributed by atoms with E-state index in [2.05, 4.69) is 53.9 Å². The van der Waals surface area contributed by atoms with Crippen LogP contribution in [0.1, 0.15) is 32.4 Å². The lowest BCUT2D eigenvalue weighted by Gasteiger charge is -2.37. The standard InChI is InChI=1S/C17H24FN5O2Si/c1-17(2,3)26(5,6)25-10-13(22-23-19)15-11(18)9-20-12-7-8-14(24-4)21-16(12)15/h7-9,13H,10H2,1-6H3. The van der Waals surface area contributed by atoms with Crippen molar-refractivity contribution in [3.05, 3.63) is 40.2 Å². The SMILES string of the molecule is COc1ccc2ncc(F)c(C(CO[Si](C)(C)C(C)(C)C)N=[N+]=[N-])c2n1. The van der Waals surface area contributed by atoms with Crippen molar-refractivity contribution in [2.45, 2.75) is 44.9 Å². The predicted octanol–water partition coefficient (Wildman–Crippen LogP) is 5.15. The Morgan fingerprint density at radius 2 is 2.04 bits per heavy atom. The second-order valence-corrected chi connectivity index (χ2v) is 12.3. The van der Waals surface area contributed by atoms with Gasteiger partial charge in [0.15, 0.2) is 8.32 Å². The van der Waals surface area contributed by atoms with Crippen LogP contribution in [0.25, 0.3) is 21.5 Å². The van der Waals surface area contributed by atoms with Gasteiger partial charge in [-0.2, -0.15) is 0 Å². The zero-order valence-electron chi connectivity index (χ0n) is 15.9. The third kappa shape index (κ3) is 4.12. The molecule has 0 fully saturated rings. The maximum absolute atomic E-state index is 14.6. The largest absolute Gasteiger partial charge is 0.481 e. The topological polar surface area (TPSA) is 93.0 Å². The van der Waals surface area contributed by atoms with Gasteiger partial charge in [0.25, 0.3) is 0 Å². The Morgan fingerprint density at radius 1 is 1.35 bits per heavy atom. The fraction of sp³-hybridized carbons (Fsp3) is 0.529. The zero-order valence-corrected chi connectivity index (χ0v) is 16.9. The van der Waals surface area contributed by atoms with E-state index < -0.39 is 20.2 Å². The van der Waals surface area contributed by atoms with E-state index in [-0.39, 0.29) is 17.2 Å². The van der Waals surface area contributed by atoms with E-state index in [1.54, 1.807) is 12.1 Å². The van der Waals surface area contributed by atoms with E-state index in [1.165, 1.54) is 7.11 Å². The fourth-order valence-electron chi connectivity index (χ4n) is 2.22. The molecule has 0 bridgehead atoms. The summed E-state index contributed by atoms with van der Waals surface area (Å²) < 4.78 is 25.9. The molecular weight excluding hydrogens is 353 g/mol. The highest BCUT2D eigenvalue weighted by Crippen LogP contribution is 2.38. The number of rotatable bonds is 6. The van der Waals surface area contributed by atoms with Crippen LogP contribution in [0.15, 0.2) is 23.4 Å². The Morgan fingerprint density at radius 3 is 2.62 bits per heavy atom. The Kier molecular flexibility index (Phi) is 5.85. The summed E-state index contributed by atoms with van der Waals surface area (Å²) >= 11 is 0. The lowest BCUT2D eigenvalue weighted by molar-refractivity contribution is 0.262. The molecule has 0 aliphatic rings. The Hall–Kier alpha value is -2.22. The molecule has 0 aromatic carbocycles. The zero-order chi connectivity index (χ0) is 19.5. The van der Waals surface area contributed by atoms with Crippen molar-refractivity contribution < 1.29 is 13.6 Å². The van der Waals surface area contributed by atoms with Crippen molar-refractivity contribution in [2.75, 3.05) is 13.7 Å². The molecular formula is C17H24FN5O2Si. The number of nitrogens with zero attached hydrogens (tertiary/aromatic N) is 5. The van der Waals surface area contributed by atoms with Gasteiger partial charge < -0.3 is 9.16 Å². The Bertz CT molecular complexity index is 847. The Labute approximate surface area is 153 Å². The van der Waals surface area contributed by atoms with Gasteiger partial charge in [-0.3, -0.25) is 4.98 Å². The van der Waals surface area contributed by atoms with Crippen LogP contribution in [-0.4, -0.2) is 32.0 Å². The number of hydrogen-bond donors (Lipinski definition) is 0. The number of halogens is 1. The maximum Gasteiger partial charge on any atom is 0.213 e. The molecule has 140 valence electrons. The normalized spacial score (nSPS) is 13.3. The van der Waals surface area contributed by atoms with Crippen LogP contribution in [0.4, 0.5) is 4.39 Å². The van der Waals surface area contributed by atoms with Gasteiger partial charge in [-0.1, -0.05) is 25.9 Å². The number of hydrogen-bond acceptors (Lipinski definition) is 5. The van der Waals surface area contributed by atoms with Crippen LogP contribution in [0, 0.1) is 5.82 Å². The number of azide groups is 1. The monoisotopic (exact) mass is 377 g/mol. The van der Waals surface area contributed by atoms with Crippen LogP contribution in [0.3, 0.4) is 0 Å². The number of pyridine rings is 2. The molecule has 1 unspecified atom stereocenters. The van der Waals surface area contributed by atoms with E-state index in [1.807, 2.05) is 0 Å². The first kappa shape index (κ1) is 20.1. The van der Waals surface area contributed by atoms with Gasteiger partial charge in [0.2, 0.25) is 5.88 Å². The van der Waals surface area contributed by atoms with E-state index in [0.29, 0.717) is 16.9 Å². The van der Waals surface area contributed by atoms with Crippen LogP contribution >= 0.6 is 0 Å². The van der Waals surface area contributed by atoms with Gasteiger partial charge in [0, 0.05) is 23.1 Å². The van der Waals surface area contributed by atoms with Gasteiger partial charge in [0.05, 0.1) is 30.4 Å². The fourth-order valence-corrected chi connectivity index (χ4v) is 3.22. The minimum atomic E-state index is -2.10. The van der Waals surface area contributed by atoms with Crippen LogP contribution in [0.2, 0.25) is 18.1 Å². The third-order valence-electron chi connectivity index (χ3n) is 4.82. The van der Waals surface area contributed by atoms with Crippen molar-refractivity contribution in [3.63, 3.8) is 0 Å². The minimum Gasteiger partial charge on any atom is -0.481 e. The van der Waals surface area contributed by atoms with Crippen molar-refractivity contribution in [3.8, 4) is 5.88 Å². The molecule has 2 aromatic rings. The summed E-state index contributed by atoms with van der Waals surface area (Å²) in [6, 6.07) is 2.48. The first-order valence-corrected chi connectivity index (χ1v) is 11.2. The first-order valence-electron chi connectivity index (χ1n) is 8.28.